The highest BCUT2D eigenvalue weighted by molar-refractivity contribution is 8.01. The average molecular weight is 484 g/mol. The molecule has 0 radical (unpaired) electrons. The summed E-state index contributed by atoms with van der Waals surface area (Å²) < 4.78 is 1.78. The van der Waals surface area contributed by atoms with Gasteiger partial charge in [-0.1, -0.05) is 78.5 Å². The normalized spacial score (nSPS) is 10.9. The molecule has 5 rings (SSSR count). The zero-order chi connectivity index (χ0) is 23.3. The van der Waals surface area contributed by atoms with Crippen LogP contribution in [0.5, 0.6) is 0 Å². The molecule has 0 aliphatic heterocycles. The molecule has 0 aliphatic carbocycles. The van der Waals surface area contributed by atoms with E-state index in [-0.39, 0.29) is 11.8 Å². The number of carbonyl (C=O) groups is 2. The number of thioether (sulfide) groups is 1. The van der Waals surface area contributed by atoms with Crippen molar-refractivity contribution in [3.05, 3.63) is 102 Å². The Hall–Kier alpha value is -3.68. The molecule has 0 spiro atoms. The Labute approximate surface area is 205 Å². The van der Waals surface area contributed by atoms with E-state index >= 15 is 0 Å². The van der Waals surface area contributed by atoms with Gasteiger partial charge in [0.15, 0.2) is 4.34 Å². The Morgan fingerprint density at radius 3 is 2.56 bits per heavy atom. The number of nitrogens with zero attached hydrogens (tertiary/aromatic N) is 1. The van der Waals surface area contributed by atoms with Crippen molar-refractivity contribution in [3.63, 3.8) is 0 Å². The number of rotatable bonds is 7. The number of amides is 2. The SMILES string of the molecule is O=C(CSc1nc2ccc(NC(=O)c3cccc4ccccc34)cc2s1)NCc1ccccc1. The average Bonchev–Trinajstić information content (AvgIpc) is 3.28. The van der Waals surface area contributed by atoms with Gasteiger partial charge in [-0.05, 0) is 40.6 Å². The van der Waals surface area contributed by atoms with Crippen LogP contribution < -0.4 is 10.6 Å². The van der Waals surface area contributed by atoms with Crippen molar-refractivity contribution in [1.82, 2.24) is 10.3 Å². The highest BCUT2D eigenvalue weighted by atomic mass is 32.2. The number of anilines is 1. The summed E-state index contributed by atoms with van der Waals surface area (Å²) in [5, 5.41) is 7.89. The van der Waals surface area contributed by atoms with Gasteiger partial charge in [0, 0.05) is 17.8 Å². The molecule has 0 saturated heterocycles. The fourth-order valence-electron chi connectivity index (χ4n) is 3.64. The maximum Gasteiger partial charge on any atom is 0.256 e. The molecule has 0 unspecified atom stereocenters. The number of benzene rings is 4. The largest absolute Gasteiger partial charge is 0.351 e. The van der Waals surface area contributed by atoms with Crippen molar-refractivity contribution < 1.29 is 9.59 Å². The van der Waals surface area contributed by atoms with E-state index < -0.39 is 0 Å². The van der Waals surface area contributed by atoms with Crippen molar-refractivity contribution in [3.8, 4) is 0 Å². The Morgan fingerprint density at radius 2 is 1.68 bits per heavy atom. The standard InChI is InChI=1S/C27H21N3O2S2/c31-25(28-16-18-7-2-1-3-8-18)17-33-27-30-23-14-13-20(15-24(23)34-27)29-26(32)22-12-6-10-19-9-4-5-11-21(19)22/h1-15H,16-17H2,(H,28,31)(H,29,32). The second-order valence-electron chi connectivity index (χ2n) is 7.69. The van der Waals surface area contributed by atoms with E-state index in [1.165, 1.54) is 23.1 Å². The molecule has 0 atom stereocenters. The van der Waals surface area contributed by atoms with Crippen LogP contribution in [-0.4, -0.2) is 22.6 Å². The fraction of sp³-hybridized carbons (Fsp3) is 0.0741. The van der Waals surface area contributed by atoms with Gasteiger partial charge in [0.25, 0.3) is 5.91 Å². The molecule has 4 aromatic carbocycles. The second kappa shape index (κ2) is 10.1. The number of hydrogen-bond acceptors (Lipinski definition) is 5. The molecule has 7 heteroatoms. The molecule has 168 valence electrons. The van der Waals surface area contributed by atoms with Crippen LogP contribution in [0, 0.1) is 0 Å². The van der Waals surface area contributed by atoms with Crippen LogP contribution in [0.25, 0.3) is 21.0 Å². The third-order valence-corrected chi connectivity index (χ3v) is 7.48. The molecule has 0 fully saturated rings. The number of aromatic nitrogens is 1. The predicted octanol–water partition coefficient (Wildman–Crippen LogP) is 6.11. The number of thiazole rings is 1. The third kappa shape index (κ3) is 5.11. The molecule has 2 N–H and O–H groups in total. The van der Waals surface area contributed by atoms with Crippen molar-refractivity contribution in [2.45, 2.75) is 10.9 Å². The Balaban J connectivity index is 1.23. The topological polar surface area (TPSA) is 71.1 Å². The molecular weight excluding hydrogens is 462 g/mol. The monoisotopic (exact) mass is 483 g/mol. The first kappa shape index (κ1) is 22.1. The number of fused-ring (bicyclic) bond motifs is 2. The van der Waals surface area contributed by atoms with Crippen LogP contribution >= 0.6 is 23.1 Å². The molecule has 1 heterocycles. The number of carbonyl (C=O) groups excluding carboxylic acids is 2. The zero-order valence-electron chi connectivity index (χ0n) is 18.2. The Morgan fingerprint density at radius 1 is 0.882 bits per heavy atom. The second-order valence-corrected chi connectivity index (χ2v) is 9.95. The van der Waals surface area contributed by atoms with Gasteiger partial charge < -0.3 is 10.6 Å². The van der Waals surface area contributed by atoms with E-state index in [0.29, 0.717) is 23.5 Å². The first-order valence-corrected chi connectivity index (χ1v) is 12.6. The van der Waals surface area contributed by atoms with E-state index in [2.05, 4.69) is 15.6 Å². The van der Waals surface area contributed by atoms with Gasteiger partial charge in [0.2, 0.25) is 5.91 Å². The summed E-state index contributed by atoms with van der Waals surface area (Å²) in [6.45, 7) is 0.514. The van der Waals surface area contributed by atoms with Gasteiger partial charge in [-0.2, -0.15) is 0 Å². The maximum atomic E-state index is 12.9. The molecule has 0 bridgehead atoms. The maximum absolute atomic E-state index is 12.9. The summed E-state index contributed by atoms with van der Waals surface area (Å²) in [6, 6.07) is 29.1. The minimum Gasteiger partial charge on any atom is -0.351 e. The summed E-state index contributed by atoms with van der Waals surface area (Å²) in [4.78, 5) is 29.8. The van der Waals surface area contributed by atoms with Gasteiger partial charge in [0.05, 0.1) is 16.0 Å². The van der Waals surface area contributed by atoms with E-state index in [4.69, 9.17) is 0 Å². The lowest BCUT2D eigenvalue weighted by Gasteiger charge is -2.08. The van der Waals surface area contributed by atoms with Crippen LogP contribution in [0.15, 0.2) is 95.3 Å². The molecule has 2 amide bonds. The van der Waals surface area contributed by atoms with Crippen LogP contribution in [0.3, 0.4) is 0 Å². The molecule has 1 aromatic heterocycles. The highest BCUT2D eigenvalue weighted by Gasteiger charge is 2.12. The van der Waals surface area contributed by atoms with E-state index in [0.717, 1.165) is 30.9 Å². The lowest BCUT2D eigenvalue weighted by molar-refractivity contribution is -0.118. The van der Waals surface area contributed by atoms with Gasteiger partial charge >= 0.3 is 0 Å². The summed E-state index contributed by atoms with van der Waals surface area (Å²) >= 11 is 2.93. The van der Waals surface area contributed by atoms with Gasteiger partial charge in [0.1, 0.15) is 0 Å². The summed E-state index contributed by atoms with van der Waals surface area (Å²) in [5.41, 5.74) is 3.27. The van der Waals surface area contributed by atoms with Gasteiger partial charge in [-0.3, -0.25) is 9.59 Å². The van der Waals surface area contributed by atoms with Crippen LogP contribution in [-0.2, 0) is 11.3 Å². The van der Waals surface area contributed by atoms with Crippen molar-refractivity contribution >= 4 is 61.6 Å². The number of hydrogen-bond donors (Lipinski definition) is 2. The molecule has 0 aliphatic rings. The lowest BCUT2D eigenvalue weighted by Crippen LogP contribution is -2.24. The first-order chi connectivity index (χ1) is 16.7. The lowest BCUT2D eigenvalue weighted by atomic mass is 10.0. The zero-order valence-corrected chi connectivity index (χ0v) is 19.8. The molecule has 5 aromatic rings. The molecule has 5 nitrogen and oxygen atoms in total. The Bertz CT molecular complexity index is 1480. The summed E-state index contributed by atoms with van der Waals surface area (Å²) in [6.07, 6.45) is 0. The van der Waals surface area contributed by atoms with Crippen LogP contribution in [0.2, 0.25) is 0 Å². The minimum atomic E-state index is -0.148. The predicted molar refractivity (Wildman–Crippen MR) is 141 cm³/mol. The van der Waals surface area contributed by atoms with E-state index in [1.54, 1.807) is 0 Å². The fourth-order valence-corrected chi connectivity index (χ4v) is 5.58. The van der Waals surface area contributed by atoms with Crippen molar-refractivity contribution in [1.29, 1.82) is 0 Å². The van der Waals surface area contributed by atoms with Crippen molar-refractivity contribution in [2.24, 2.45) is 0 Å². The minimum absolute atomic E-state index is 0.0313. The first-order valence-electron chi connectivity index (χ1n) is 10.8. The molecular formula is C27H21N3O2S2. The van der Waals surface area contributed by atoms with Gasteiger partial charge in [-0.15, -0.1) is 11.3 Å². The van der Waals surface area contributed by atoms with E-state index in [1.807, 2.05) is 91.0 Å². The summed E-state index contributed by atoms with van der Waals surface area (Å²) in [5.74, 6) is 0.124. The molecule has 34 heavy (non-hydrogen) atoms. The van der Waals surface area contributed by atoms with Crippen LogP contribution in [0.4, 0.5) is 5.69 Å². The van der Waals surface area contributed by atoms with E-state index in [9.17, 15) is 9.59 Å². The third-order valence-electron chi connectivity index (χ3n) is 5.32. The highest BCUT2D eigenvalue weighted by Crippen LogP contribution is 2.31. The number of nitrogens with one attached hydrogen (secondary N) is 2. The van der Waals surface area contributed by atoms with Crippen molar-refractivity contribution in [2.75, 3.05) is 11.1 Å². The summed E-state index contributed by atoms with van der Waals surface area (Å²) in [7, 11) is 0. The van der Waals surface area contributed by atoms with Crippen LogP contribution in [0.1, 0.15) is 15.9 Å². The smallest absolute Gasteiger partial charge is 0.256 e. The quantitative estimate of drug-likeness (QED) is 0.274. The molecule has 0 saturated carbocycles. The van der Waals surface area contributed by atoms with Gasteiger partial charge in [-0.25, -0.2) is 4.98 Å². The Kier molecular flexibility index (Phi) is 6.56.